The van der Waals surface area contributed by atoms with Gasteiger partial charge in [-0.1, -0.05) is 24.3 Å². The molecule has 0 aromatic heterocycles. The van der Waals surface area contributed by atoms with Crippen molar-refractivity contribution < 1.29 is 14.3 Å². The number of fused-ring (bicyclic) bond motifs is 1. The molecule has 1 unspecified atom stereocenters. The molecule has 27 heavy (non-hydrogen) atoms. The van der Waals surface area contributed by atoms with Crippen LogP contribution in [0, 0.1) is 0 Å². The summed E-state index contributed by atoms with van der Waals surface area (Å²) in [6.45, 7) is 6.68. The first kappa shape index (κ1) is 19.1. The SMILES string of the molecule is CC(=O)c1cc(C(=O)NCC2NCCc3ccccc32)ccc1OC(C)C. The van der Waals surface area contributed by atoms with Gasteiger partial charge in [0.15, 0.2) is 5.78 Å². The fourth-order valence-electron chi connectivity index (χ4n) is 3.37. The van der Waals surface area contributed by atoms with E-state index in [4.69, 9.17) is 4.74 Å². The second-order valence-corrected chi connectivity index (χ2v) is 7.10. The third-order valence-electron chi connectivity index (χ3n) is 4.67. The molecule has 2 aromatic carbocycles. The van der Waals surface area contributed by atoms with E-state index in [9.17, 15) is 9.59 Å². The number of carbonyl (C=O) groups is 2. The van der Waals surface area contributed by atoms with E-state index in [1.54, 1.807) is 18.2 Å². The summed E-state index contributed by atoms with van der Waals surface area (Å²) in [6, 6.07) is 13.4. The highest BCUT2D eigenvalue weighted by Gasteiger charge is 2.20. The number of ketones is 1. The van der Waals surface area contributed by atoms with Crippen LogP contribution in [0.5, 0.6) is 5.75 Å². The number of amides is 1. The van der Waals surface area contributed by atoms with Gasteiger partial charge in [0.1, 0.15) is 5.75 Å². The van der Waals surface area contributed by atoms with E-state index in [0.717, 1.165) is 13.0 Å². The molecular formula is C22H26N2O3. The monoisotopic (exact) mass is 366 g/mol. The van der Waals surface area contributed by atoms with Gasteiger partial charge in [0.25, 0.3) is 5.91 Å². The first-order valence-corrected chi connectivity index (χ1v) is 9.36. The van der Waals surface area contributed by atoms with Crippen molar-refractivity contribution in [1.82, 2.24) is 10.6 Å². The topological polar surface area (TPSA) is 67.4 Å². The molecule has 0 saturated carbocycles. The summed E-state index contributed by atoms with van der Waals surface area (Å²) in [6.07, 6.45) is 0.958. The third-order valence-corrected chi connectivity index (χ3v) is 4.67. The van der Waals surface area contributed by atoms with Crippen molar-refractivity contribution >= 4 is 11.7 Å². The molecule has 0 aliphatic carbocycles. The summed E-state index contributed by atoms with van der Waals surface area (Å²) >= 11 is 0. The molecule has 3 rings (SSSR count). The Kier molecular flexibility index (Phi) is 5.91. The number of carbonyl (C=O) groups excluding carboxylic acids is 2. The first-order valence-electron chi connectivity index (χ1n) is 9.36. The molecule has 0 bridgehead atoms. The lowest BCUT2D eigenvalue weighted by Crippen LogP contribution is -2.38. The predicted octanol–water partition coefficient (Wildman–Crippen LogP) is 3.29. The highest BCUT2D eigenvalue weighted by atomic mass is 16.5. The highest BCUT2D eigenvalue weighted by molar-refractivity contribution is 6.01. The molecule has 142 valence electrons. The standard InChI is InChI=1S/C22H26N2O3/c1-14(2)27-21-9-8-17(12-19(21)15(3)25)22(26)24-13-20-18-7-5-4-6-16(18)10-11-23-20/h4-9,12,14,20,23H,10-11,13H2,1-3H3,(H,24,26). The molecule has 0 spiro atoms. The lowest BCUT2D eigenvalue weighted by Gasteiger charge is -2.27. The number of benzene rings is 2. The van der Waals surface area contributed by atoms with Gasteiger partial charge < -0.3 is 15.4 Å². The van der Waals surface area contributed by atoms with Gasteiger partial charge in [0, 0.05) is 18.2 Å². The fourth-order valence-corrected chi connectivity index (χ4v) is 3.37. The van der Waals surface area contributed by atoms with Gasteiger partial charge in [0.05, 0.1) is 11.7 Å². The Morgan fingerprint density at radius 3 is 2.74 bits per heavy atom. The van der Waals surface area contributed by atoms with Gasteiger partial charge in [-0.2, -0.15) is 0 Å². The maximum atomic E-state index is 12.6. The zero-order chi connectivity index (χ0) is 19.4. The molecule has 1 aliphatic rings. The van der Waals surface area contributed by atoms with Gasteiger partial charge in [-0.05, 0) is 63.1 Å². The van der Waals surface area contributed by atoms with Crippen LogP contribution in [0.15, 0.2) is 42.5 Å². The number of hydrogen-bond donors (Lipinski definition) is 2. The minimum atomic E-state index is -0.196. The van der Waals surface area contributed by atoms with Crippen molar-refractivity contribution in [3.8, 4) is 5.75 Å². The van der Waals surface area contributed by atoms with Crippen molar-refractivity contribution in [1.29, 1.82) is 0 Å². The van der Waals surface area contributed by atoms with E-state index >= 15 is 0 Å². The molecule has 2 aromatic rings. The second-order valence-electron chi connectivity index (χ2n) is 7.10. The summed E-state index contributed by atoms with van der Waals surface area (Å²) in [7, 11) is 0. The van der Waals surface area contributed by atoms with Crippen LogP contribution in [0.4, 0.5) is 0 Å². The smallest absolute Gasteiger partial charge is 0.251 e. The van der Waals surface area contributed by atoms with Crippen LogP contribution in [0.2, 0.25) is 0 Å². The Morgan fingerprint density at radius 2 is 2.00 bits per heavy atom. The van der Waals surface area contributed by atoms with Crippen molar-refractivity contribution in [2.75, 3.05) is 13.1 Å². The third kappa shape index (κ3) is 4.55. The minimum Gasteiger partial charge on any atom is -0.490 e. The van der Waals surface area contributed by atoms with Crippen LogP contribution >= 0.6 is 0 Å². The molecule has 5 nitrogen and oxygen atoms in total. The number of Topliss-reactive ketones (excluding diaryl/α,β-unsaturated/α-hetero) is 1. The lowest BCUT2D eigenvalue weighted by molar-refractivity contribution is 0.0949. The van der Waals surface area contributed by atoms with Crippen LogP contribution in [0.3, 0.4) is 0 Å². The number of ether oxygens (including phenoxy) is 1. The number of hydrogen-bond acceptors (Lipinski definition) is 4. The average Bonchev–Trinajstić information content (AvgIpc) is 2.65. The quantitative estimate of drug-likeness (QED) is 0.770. The van der Waals surface area contributed by atoms with Crippen LogP contribution in [-0.2, 0) is 6.42 Å². The Balaban J connectivity index is 1.72. The molecule has 5 heteroatoms. The van der Waals surface area contributed by atoms with E-state index in [1.807, 2.05) is 26.0 Å². The van der Waals surface area contributed by atoms with E-state index in [-0.39, 0.29) is 23.8 Å². The first-order chi connectivity index (χ1) is 13.0. The maximum absolute atomic E-state index is 12.6. The van der Waals surface area contributed by atoms with Gasteiger partial charge >= 0.3 is 0 Å². The van der Waals surface area contributed by atoms with E-state index in [1.165, 1.54) is 18.1 Å². The summed E-state index contributed by atoms with van der Waals surface area (Å²) in [5, 5.41) is 6.44. The summed E-state index contributed by atoms with van der Waals surface area (Å²) in [5.41, 5.74) is 3.44. The van der Waals surface area contributed by atoms with Gasteiger partial charge in [0.2, 0.25) is 0 Å². The summed E-state index contributed by atoms with van der Waals surface area (Å²) in [4.78, 5) is 24.6. The Hall–Kier alpha value is -2.66. The Labute approximate surface area is 160 Å². The molecule has 1 heterocycles. The maximum Gasteiger partial charge on any atom is 0.251 e. The Morgan fingerprint density at radius 1 is 1.22 bits per heavy atom. The second kappa shape index (κ2) is 8.35. The predicted molar refractivity (Wildman–Crippen MR) is 105 cm³/mol. The highest BCUT2D eigenvalue weighted by Crippen LogP contribution is 2.24. The zero-order valence-corrected chi connectivity index (χ0v) is 16.0. The van der Waals surface area contributed by atoms with Crippen LogP contribution in [0.25, 0.3) is 0 Å². The summed E-state index contributed by atoms with van der Waals surface area (Å²) in [5.74, 6) is 0.193. The van der Waals surface area contributed by atoms with Crippen LogP contribution < -0.4 is 15.4 Å². The molecule has 0 fully saturated rings. The van der Waals surface area contributed by atoms with Gasteiger partial charge in [-0.15, -0.1) is 0 Å². The number of nitrogens with one attached hydrogen (secondary N) is 2. The lowest BCUT2D eigenvalue weighted by atomic mass is 9.94. The molecule has 0 radical (unpaired) electrons. The van der Waals surface area contributed by atoms with Gasteiger partial charge in [-0.3, -0.25) is 9.59 Å². The van der Waals surface area contributed by atoms with Gasteiger partial charge in [-0.25, -0.2) is 0 Å². The molecule has 0 saturated heterocycles. The average molecular weight is 366 g/mol. The normalized spacial score (nSPS) is 15.9. The van der Waals surface area contributed by atoms with Crippen LogP contribution in [0.1, 0.15) is 58.7 Å². The van der Waals surface area contributed by atoms with E-state index in [2.05, 4.69) is 22.8 Å². The minimum absolute atomic E-state index is 0.0415. The van der Waals surface area contributed by atoms with Crippen molar-refractivity contribution in [3.05, 3.63) is 64.7 Å². The fraction of sp³-hybridized carbons (Fsp3) is 0.364. The molecule has 1 aliphatic heterocycles. The molecular weight excluding hydrogens is 340 g/mol. The summed E-state index contributed by atoms with van der Waals surface area (Å²) < 4.78 is 5.67. The van der Waals surface area contributed by atoms with Crippen LogP contribution in [-0.4, -0.2) is 30.9 Å². The van der Waals surface area contributed by atoms with E-state index in [0.29, 0.717) is 23.4 Å². The van der Waals surface area contributed by atoms with Crippen molar-refractivity contribution in [2.45, 2.75) is 39.3 Å². The zero-order valence-electron chi connectivity index (χ0n) is 16.0. The van der Waals surface area contributed by atoms with Crippen molar-refractivity contribution in [2.24, 2.45) is 0 Å². The molecule has 1 amide bonds. The number of rotatable bonds is 6. The Bertz CT molecular complexity index is 845. The molecule has 1 atom stereocenters. The largest absolute Gasteiger partial charge is 0.490 e. The van der Waals surface area contributed by atoms with E-state index < -0.39 is 0 Å². The van der Waals surface area contributed by atoms with Crippen molar-refractivity contribution in [3.63, 3.8) is 0 Å². The molecule has 2 N–H and O–H groups in total.